The molecule has 0 spiro atoms. The summed E-state index contributed by atoms with van der Waals surface area (Å²) < 4.78 is 4.65. The largest absolute Gasteiger partial charge is 0.469 e. The normalized spacial score (nSPS) is 13.6. The van der Waals surface area contributed by atoms with Crippen molar-refractivity contribution in [2.24, 2.45) is 0 Å². The Kier molecular flexibility index (Phi) is 6.22. The molecule has 0 heterocycles. The van der Waals surface area contributed by atoms with E-state index in [1.54, 1.807) is 12.1 Å². The Hall–Kier alpha value is -1.68. The lowest BCUT2D eigenvalue weighted by Gasteiger charge is -2.20. The predicted octanol–water partition coefficient (Wildman–Crippen LogP) is 2.19. The second kappa shape index (κ2) is 7.69. The van der Waals surface area contributed by atoms with Crippen molar-refractivity contribution in [3.63, 3.8) is 0 Å². The smallest absolute Gasteiger partial charge is 0.307 e. The highest BCUT2D eigenvalue weighted by Crippen LogP contribution is 2.08. The van der Waals surface area contributed by atoms with Crippen molar-refractivity contribution in [3.8, 4) is 0 Å². The number of ether oxygens (including phenoxy) is 1. The molecule has 0 aliphatic heterocycles. The zero-order chi connectivity index (χ0) is 14.3. The molecule has 2 atom stereocenters. The van der Waals surface area contributed by atoms with Gasteiger partial charge in [-0.05, 0) is 13.3 Å². The van der Waals surface area contributed by atoms with Gasteiger partial charge in [0.25, 0.3) is 0 Å². The third kappa shape index (κ3) is 4.83. The minimum Gasteiger partial charge on any atom is -0.469 e. The fourth-order valence-electron chi connectivity index (χ4n) is 1.74. The summed E-state index contributed by atoms with van der Waals surface area (Å²) in [5.41, 5.74) is 0.604. The zero-order valence-corrected chi connectivity index (χ0v) is 11.7. The first-order valence-electron chi connectivity index (χ1n) is 6.50. The van der Waals surface area contributed by atoms with Gasteiger partial charge in [-0.3, -0.25) is 9.59 Å². The van der Waals surface area contributed by atoms with Gasteiger partial charge in [-0.25, -0.2) is 0 Å². The van der Waals surface area contributed by atoms with Gasteiger partial charge >= 0.3 is 5.97 Å². The topological polar surface area (TPSA) is 55.4 Å². The summed E-state index contributed by atoms with van der Waals surface area (Å²) in [7, 11) is 1.33. The summed E-state index contributed by atoms with van der Waals surface area (Å²) in [5.74, 6) is -0.462. The van der Waals surface area contributed by atoms with Crippen LogP contribution in [0.1, 0.15) is 37.0 Å². The number of carbonyl (C=O) groups excluding carboxylic acids is 2. The van der Waals surface area contributed by atoms with Crippen molar-refractivity contribution in [2.75, 3.05) is 7.11 Å². The van der Waals surface area contributed by atoms with Crippen LogP contribution >= 0.6 is 0 Å². The fourth-order valence-corrected chi connectivity index (χ4v) is 1.74. The minimum absolute atomic E-state index is 0.0502. The standard InChI is InChI=1S/C15H21NO3/c1-4-11(2)16-13(10-14(17)19-3)15(18)12-8-6-5-7-9-12/h5-9,11,13,16H,4,10H2,1-3H3. The average molecular weight is 263 g/mol. The first-order valence-corrected chi connectivity index (χ1v) is 6.50. The van der Waals surface area contributed by atoms with Gasteiger partial charge in [0.05, 0.1) is 19.6 Å². The number of hydrogen-bond donors (Lipinski definition) is 1. The molecule has 1 rings (SSSR count). The number of Topliss-reactive ketones (excluding diaryl/α,β-unsaturated/α-hetero) is 1. The third-order valence-electron chi connectivity index (χ3n) is 3.07. The van der Waals surface area contributed by atoms with E-state index >= 15 is 0 Å². The molecule has 1 aromatic carbocycles. The number of esters is 1. The molecule has 0 saturated heterocycles. The Morgan fingerprint density at radius 3 is 2.42 bits per heavy atom. The van der Waals surface area contributed by atoms with Crippen LogP contribution in [0.2, 0.25) is 0 Å². The maximum absolute atomic E-state index is 12.4. The SMILES string of the molecule is CCC(C)NC(CC(=O)OC)C(=O)c1ccccc1. The van der Waals surface area contributed by atoms with Crippen LogP contribution in [0.15, 0.2) is 30.3 Å². The van der Waals surface area contributed by atoms with E-state index in [9.17, 15) is 9.59 Å². The number of hydrogen-bond acceptors (Lipinski definition) is 4. The van der Waals surface area contributed by atoms with Gasteiger partial charge in [0.1, 0.15) is 0 Å². The number of methoxy groups -OCH3 is 1. The van der Waals surface area contributed by atoms with E-state index < -0.39 is 6.04 Å². The van der Waals surface area contributed by atoms with Crippen LogP contribution in [0.5, 0.6) is 0 Å². The maximum Gasteiger partial charge on any atom is 0.307 e. The van der Waals surface area contributed by atoms with Crippen LogP contribution < -0.4 is 5.32 Å². The molecule has 19 heavy (non-hydrogen) atoms. The summed E-state index contributed by atoms with van der Waals surface area (Å²) >= 11 is 0. The average Bonchev–Trinajstić information content (AvgIpc) is 2.46. The molecule has 0 amide bonds. The number of ketones is 1. The number of benzene rings is 1. The molecule has 0 fully saturated rings. The van der Waals surface area contributed by atoms with Crippen molar-refractivity contribution in [1.82, 2.24) is 5.32 Å². The van der Waals surface area contributed by atoms with E-state index in [0.717, 1.165) is 6.42 Å². The monoisotopic (exact) mass is 263 g/mol. The second-order valence-electron chi connectivity index (χ2n) is 4.54. The Bertz CT molecular complexity index is 417. The highest BCUT2D eigenvalue weighted by molar-refractivity contribution is 6.01. The molecule has 1 aromatic rings. The molecule has 2 unspecified atom stereocenters. The van der Waals surface area contributed by atoms with E-state index in [4.69, 9.17) is 0 Å². The summed E-state index contributed by atoms with van der Waals surface area (Å²) in [5, 5.41) is 3.18. The Morgan fingerprint density at radius 1 is 1.26 bits per heavy atom. The van der Waals surface area contributed by atoms with Crippen LogP contribution in [0, 0.1) is 0 Å². The number of nitrogens with one attached hydrogen (secondary N) is 1. The lowest BCUT2D eigenvalue weighted by molar-refractivity contribution is -0.141. The molecule has 0 bridgehead atoms. The van der Waals surface area contributed by atoms with Crippen molar-refractivity contribution in [3.05, 3.63) is 35.9 Å². The summed E-state index contributed by atoms with van der Waals surface area (Å²) in [6, 6.07) is 8.62. The van der Waals surface area contributed by atoms with Crippen molar-refractivity contribution in [1.29, 1.82) is 0 Å². The first kappa shape index (κ1) is 15.4. The minimum atomic E-state index is -0.537. The highest BCUT2D eigenvalue weighted by Gasteiger charge is 2.24. The Morgan fingerprint density at radius 2 is 1.89 bits per heavy atom. The second-order valence-corrected chi connectivity index (χ2v) is 4.54. The number of rotatable bonds is 7. The molecule has 4 nitrogen and oxygen atoms in total. The number of carbonyl (C=O) groups is 2. The van der Waals surface area contributed by atoms with E-state index in [-0.39, 0.29) is 24.2 Å². The lowest BCUT2D eigenvalue weighted by atomic mass is 10.0. The fraction of sp³-hybridized carbons (Fsp3) is 0.467. The predicted molar refractivity (Wildman–Crippen MR) is 74.1 cm³/mol. The van der Waals surface area contributed by atoms with Gasteiger partial charge in [0, 0.05) is 11.6 Å². The molecule has 104 valence electrons. The van der Waals surface area contributed by atoms with Crippen molar-refractivity contribution >= 4 is 11.8 Å². The summed E-state index contributed by atoms with van der Waals surface area (Å²) in [4.78, 5) is 23.8. The zero-order valence-electron chi connectivity index (χ0n) is 11.7. The van der Waals surface area contributed by atoms with Crippen LogP contribution in [0.3, 0.4) is 0 Å². The van der Waals surface area contributed by atoms with Gasteiger partial charge in [0.2, 0.25) is 0 Å². The third-order valence-corrected chi connectivity index (χ3v) is 3.07. The van der Waals surface area contributed by atoms with E-state index in [1.165, 1.54) is 7.11 Å². The first-order chi connectivity index (χ1) is 9.08. The van der Waals surface area contributed by atoms with E-state index in [2.05, 4.69) is 10.1 Å². The molecule has 1 N–H and O–H groups in total. The molecular weight excluding hydrogens is 242 g/mol. The molecule has 0 radical (unpaired) electrons. The maximum atomic E-state index is 12.4. The quantitative estimate of drug-likeness (QED) is 0.605. The van der Waals surface area contributed by atoms with Gasteiger partial charge in [-0.1, -0.05) is 37.3 Å². The van der Waals surface area contributed by atoms with Crippen LogP contribution in [-0.2, 0) is 9.53 Å². The van der Waals surface area contributed by atoms with Gasteiger partial charge in [0.15, 0.2) is 5.78 Å². The van der Waals surface area contributed by atoms with Gasteiger partial charge in [-0.15, -0.1) is 0 Å². The van der Waals surface area contributed by atoms with Crippen LogP contribution in [-0.4, -0.2) is 30.9 Å². The summed E-state index contributed by atoms with van der Waals surface area (Å²) in [6.45, 7) is 4.02. The summed E-state index contributed by atoms with van der Waals surface area (Å²) in [6.07, 6.45) is 0.939. The Balaban J connectivity index is 2.83. The molecule has 0 aliphatic rings. The van der Waals surface area contributed by atoms with Crippen LogP contribution in [0.4, 0.5) is 0 Å². The van der Waals surface area contributed by atoms with Crippen molar-refractivity contribution in [2.45, 2.75) is 38.8 Å². The Labute approximate surface area is 114 Å². The molecule has 0 aromatic heterocycles. The van der Waals surface area contributed by atoms with Crippen molar-refractivity contribution < 1.29 is 14.3 Å². The lowest BCUT2D eigenvalue weighted by Crippen LogP contribution is -2.43. The highest BCUT2D eigenvalue weighted by atomic mass is 16.5. The molecular formula is C15H21NO3. The van der Waals surface area contributed by atoms with Crippen LogP contribution in [0.25, 0.3) is 0 Å². The van der Waals surface area contributed by atoms with Gasteiger partial charge in [-0.2, -0.15) is 0 Å². The molecule has 4 heteroatoms. The molecule has 0 aliphatic carbocycles. The van der Waals surface area contributed by atoms with E-state index in [1.807, 2.05) is 32.0 Å². The van der Waals surface area contributed by atoms with Gasteiger partial charge < -0.3 is 10.1 Å². The molecule has 0 saturated carbocycles. The van der Waals surface area contributed by atoms with E-state index in [0.29, 0.717) is 5.56 Å².